The average Bonchev–Trinajstić information content (AvgIpc) is 2.30. The van der Waals surface area contributed by atoms with Crippen LogP contribution in [0.4, 0.5) is 8.78 Å². The van der Waals surface area contributed by atoms with Crippen LogP contribution in [0.5, 0.6) is 0 Å². The Morgan fingerprint density at radius 1 is 1.29 bits per heavy atom. The molecule has 84 valence electrons. The Kier molecular flexibility index (Phi) is 2.66. The number of hydrogen-bond acceptors (Lipinski definition) is 3. The summed E-state index contributed by atoms with van der Waals surface area (Å²) < 4.78 is 26.2. The van der Waals surface area contributed by atoms with Gasteiger partial charge in [-0.15, -0.1) is 0 Å². The number of hydrogen-bond donors (Lipinski definition) is 1. The molecule has 0 atom stereocenters. The molecule has 6 heteroatoms. The van der Waals surface area contributed by atoms with Gasteiger partial charge in [0.25, 0.3) is 5.56 Å². The molecule has 0 bridgehead atoms. The molecule has 0 spiro atoms. The first kappa shape index (κ1) is 11.0. The van der Waals surface area contributed by atoms with E-state index >= 15 is 0 Å². The van der Waals surface area contributed by atoms with Gasteiger partial charge in [-0.1, -0.05) is 0 Å². The predicted molar refractivity (Wildman–Crippen MR) is 54.9 cm³/mol. The normalized spacial score (nSPS) is 9.94. The molecule has 0 saturated carbocycles. The van der Waals surface area contributed by atoms with Gasteiger partial charge in [0.15, 0.2) is 0 Å². The minimum absolute atomic E-state index is 0.0235. The SMILES string of the molecule is N#Cc1cc(=O)[nH]nc1-c1ccc(F)cc1F. The lowest BCUT2D eigenvalue weighted by Gasteiger charge is -2.03. The largest absolute Gasteiger partial charge is 0.268 e. The lowest BCUT2D eigenvalue weighted by atomic mass is 10.1. The Labute approximate surface area is 94.1 Å². The average molecular weight is 233 g/mol. The van der Waals surface area contributed by atoms with Crippen molar-refractivity contribution in [2.45, 2.75) is 0 Å². The van der Waals surface area contributed by atoms with Crippen molar-refractivity contribution in [1.82, 2.24) is 10.2 Å². The topological polar surface area (TPSA) is 69.5 Å². The maximum Gasteiger partial charge on any atom is 0.265 e. The van der Waals surface area contributed by atoms with Crippen molar-refractivity contribution in [2.24, 2.45) is 0 Å². The number of H-pyrrole nitrogens is 1. The van der Waals surface area contributed by atoms with Gasteiger partial charge in [-0.3, -0.25) is 4.79 Å². The highest BCUT2D eigenvalue weighted by Crippen LogP contribution is 2.23. The molecule has 1 aromatic carbocycles. The van der Waals surface area contributed by atoms with Crippen LogP contribution < -0.4 is 5.56 Å². The molecule has 2 aromatic rings. The van der Waals surface area contributed by atoms with E-state index in [1.54, 1.807) is 6.07 Å². The minimum Gasteiger partial charge on any atom is -0.268 e. The van der Waals surface area contributed by atoms with Gasteiger partial charge in [-0.2, -0.15) is 10.4 Å². The molecule has 4 nitrogen and oxygen atoms in total. The lowest BCUT2D eigenvalue weighted by Crippen LogP contribution is -2.09. The van der Waals surface area contributed by atoms with Crippen LogP contribution in [0.2, 0.25) is 0 Å². The molecule has 0 amide bonds. The van der Waals surface area contributed by atoms with Gasteiger partial charge in [0, 0.05) is 17.7 Å². The Balaban J connectivity index is 2.69. The van der Waals surface area contributed by atoms with E-state index in [0.717, 1.165) is 18.2 Å². The van der Waals surface area contributed by atoms with E-state index in [9.17, 15) is 13.6 Å². The number of nitriles is 1. The highest BCUT2D eigenvalue weighted by atomic mass is 19.1. The Morgan fingerprint density at radius 3 is 2.71 bits per heavy atom. The molecule has 1 heterocycles. The number of nitrogens with one attached hydrogen (secondary N) is 1. The zero-order valence-corrected chi connectivity index (χ0v) is 8.37. The first-order valence-corrected chi connectivity index (χ1v) is 4.57. The lowest BCUT2D eigenvalue weighted by molar-refractivity contribution is 0.585. The van der Waals surface area contributed by atoms with Gasteiger partial charge < -0.3 is 0 Å². The fourth-order valence-electron chi connectivity index (χ4n) is 1.38. The van der Waals surface area contributed by atoms with Crippen molar-refractivity contribution >= 4 is 0 Å². The van der Waals surface area contributed by atoms with E-state index in [-0.39, 0.29) is 16.8 Å². The maximum absolute atomic E-state index is 13.5. The summed E-state index contributed by atoms with van der Waals surface area (Å²) in [6.45, 7) is 0. The van der Waals surface area contributed by atoms with E-state index in [1.165, 1.54) is 0 Å². The predicted octanol–water partition coefficient (Wildman–Crippen LogP) is 1.59. The van der Waals surface area contributed by atoms with Gasteiger partial charge in [0.1, 0.15) is 23.4 Å². The third-order valence-electron chi connectivity index (χ3n) is 2.12. The second-order valence-corrected chi connectivity index (χ2v) is 3.23. The van der Waals surface area contributed by atoms with Crippen molar-refractivity contribution in [2.75, 3.05) is 0 Å². The van der Waals surface area contributed by atoms with Crippen molar-refractivity contribution in [1.29, 1.82) is 5.26 Å². The van der Waals surface area contributed by atoms with Gasteiger partial charge in [-0.25, -0.2) is 13.9 Å². The third-order valence-corrected chi connectivity index (χ3v) is 2.12. The molecular weight excluding hydrogens is 228 g/mol. The number of benzene rings is 1. The van der Waals surface area contributed by atoms with E-state index < -0.39 is 17.2 Å². The zero-order chi connectivity index (χ0) is 12.4. The number of aromatic nitrogens is 2. The zero-order valence-electron chi connectivity index (χ0n) is 8.37. The standard InChI is InChI=1S/C11H5F2N3O/c12-7-1-2-8(9(13)4-7)11-6(5-14)3-10(17)15-16-11/h1-4H,(H,15,17). The first-order chi connectivity index (χ1) is 8.11. The highest BCUT2D eigenvalue weighted by molar-refractivity contribution is 5.66. The Bertz CT molecular complexity index is 673. The Hall–Kier alpha value is -2.55. The van der Waals surface area contributed by atoms with Crippen LogP contribution in [0.3, 0.4) is 0 Å². The van der Waals surface area contributed by atoms with Crippen LogP contribution in [-0.2, 0) is 0 Å². The number of halogens is 2. The van der Waals surface area contributed by atoms with Crippen LogP contribution in [0.15, 0.2) is 29.1 Å². The summed E-state index contributed by atoms with van der Waals surface area (Å²) in [5.74, 6) is -1.57. The number of aromatic amines is 1. The summed E-state index contributed by atoms with van der Waals surface area (Å²) in [5.41, 5.74) is -0.698. The smallest absolute Gasteiger partial charge is 0.265 e. The summed E-state index contributed by atoms with van der Waals surface area (Å²) in [6.07, 6.45) is 0. The first-order valence-electron chi connectivity index (χ1n) is 4.57. The van der Waals surface area contributed by atoms with Gasteiger partial charge in [-0.05, 0) is 12.1 Å². The second-order valence-electron chi connectivity index (χ2n) is 3.23. The van der Waals surface area contributed by atoms with E-state index in [0.29, 0.717) is 6.07 Å². The monoisotopic (exact) mass is 233 g/mol. The van der Waals surface area contributed by atoms with E-state index in [4.69, 9.17) is 5.26 Å². The summed E-state index contributed by atoms with van der Waals surface area (Å²) in [4.78, 5) is 10.9. The second kappa shape index (κ2) is 4.14. The van der Waals surface area contributed by atoms with Gasteiger partial charge in [0.05, 0.1) is 5.56 Å². The van der Waals surface area contributed by atoms with Gasteiger partial charge in [0.2, 0.25) is 0 Å². The molecule has 0 aliphatic rings. The summed E-state index contributed by atoms with van der Waals surface area (Å²) in [5, 5.41) is 14.5. The van der Waals surface area contributed by atoms with Crippen LogP contribution in [0, 0.1) is 23.0 Å². The molecule has 1 aromatic heterocycles. The summed E-state index contributed by atoms with van der Waals surface area (Å²) in [7, 11) is 0. The molecular formula is C11H5F2N3O. The maximum atomic E-state index is 13.5. The van der Waals surface area contributed by atoms with Crippen molar-refractivity contribution in [3.8, 4) is 17.3 Å². The van der Waals surface area contributed by atoms with Crippen molar-refractivity contribution < 1.29 is 8.78 Å². The van der Waals surface area contributed by atoms with Crippen molar-refractivity contribution in [3.63, 3.8) is 0 Å². The fraction of sp³-hybridized carbons (Fsp3) is 0. The van der Waals surface area contributed by atoms with Crippen molar-refractivity contribution in [3.05, 3.63) is 51.8 Å². The Morgan fingerprint density at radius 2 is 2.06 bits per heavy atom. The molecule has 2 rings (SSSR count). The summed E-state index contributed by atoms with van der Waals surface area (Å²) in [6, 6.07) is 5.63. The third kappa shape index (κ3) is 2.03. The highest BCUT2D eigenvalue weighted by Gasteiger charge is 2.12. The van der Waals surface area contributed by atoms with Crippen LogP contribution in [-0.4, -0.2) is 10.2 Å². The quantitative estimate of drug-likeness (QED) is 0.813. The molecule has 1 N–H and O–H groups in total. The molecule has 0 radical (unpaired) electrons. The van der Waals surface area contributed by atoms with Gasteiger partial charge >= 0.3 is 0 Å². The molecule has 0 saturated heterocycles. The van der Waals surface area contributed by atoms with E-state index in [2.05, 4.69) is 10.2 Å². The minimum atomic E-state index is -0.846. The fourth-order valence-corrected chi connectivity index (χ4v) is 1.38. The molecule has 0 fully saturated rings. The molecule has 17 heavy (non-hydrogen) atoms. The van der Waals surface area contributed by atoms with Crippen LogP contribution in [0.1, 0.15) is 5.56 Å². The molecule has 0 aliphatic heterocycles. The van der Waals surface area contributed by atoms with E-state index in [1.807, 2.05) is 0 Å². The molecule has 0 aliphatic carbocycles. The molecule has 0 unspecified atom stereocenters. The van der Waals surface area contributed by atoms with Crippen LogP contribution in [0.25, 0.3) is 11.3 Å². The van der Waals surface area contributed by atoms with Crippen LogP contribution >= 0.6 is 0 Å². The number of rotatable bonds is 1. The number of nitrogens with zero attached hydrogens (tertiary/aromatic N) is 2. The summed E-state index contributed by atoms with van der Waals surface area (Å²) >= 11 is 0.